The van der Waals surface area contributed by atoms with Crippen LogP contribution in [-0.4, -0.2) is 53.6 Å². The van der Waals surface area contributed by atoms with Gasteiger partial charge in [0.2, 0.25) is 0 Å². The number of hydrogen-bond donors (Lipinski definition) is 4. The molecule has 4 N–H and O–H groups in total. The van der Waals surface area contributed by atoms with Crippen LogP contribution in [0, 0.1) is 0 Å². The smallest absolute Gasteiger partial charge is 0.299 e. The van der Waals surface area contributed by atoms with Crippen molar-refractivity contribution in [2.24, 2.45) is 0 Å². The Kier molecular flexibility index (Phi) is 4.59. The summed E-state index contributed by atoms with van der Waals surface area (Å²) in [6, 6.07) is 10.3. The van der Waals surface area contributed by atoms with Crippen LogP contribution in [0.25, 0.3) is 11.0 Å². The van der Waals surface area contributed by atoms with Crippen LogP contribution in [0.2, 0.25) is 0 Å². The Morgan fingerprint density at radius 1 is 1.09 bits per heavy atom. The SMILES string of the molecule is O=C(Nc1ccccc1)c1[nH]ncc1Nc1ncnc2[nH]c(S(=O)(=O)n3cncn3)cc12. The van der Waals surface area contributed by atoms with Crippen molar-refractivity contribution < 1.29 is 13.2 Å². The number of amides is 1. The first-order chi connectivity index (χ1) is 15.5. The molecule has 32 heavy (non-hydrogen) atoms. The highest BCUT2D eigenvalue weighted by Gasteiger charge is 2.23. The Balaban J connectivity index is 1.47. The van der Waals surface area contributed by atoms with Gasteiger partial charge in [0.15, 0.2) is 5.03 Å². The van der Waals surface area contributed by atoms with Crippen LogP contribution in [0.15, 0.2) is 66.6 Å². The molecule has 5 rings (SSSR count). The van der Waals surface area contributed by atoms with E-state index in [4.69, 9.17) is 0 Å². The van der Waals surface area contributed by atoms with Gasteiger partial charge in [0.1, 0.15) is 36.1 Å². The maximum atomic E-state index is 12.7. The number of rotatable bonds is 6. The number of carbonyl (C=O) groups excluding carboxylic acids is 1. The molecule has 0 atom stereocenters. The lowest BCUT2D eigenvalue weighted by atomic mass is 10.3. The topological polar surface area (TPSA) is 176 Å². The van der Waals surface area contributed by atoms with E-state index in [9.17, 15) is 13.2 Å². The van der Waals surface area contributed by atoms with Gasteiger partial charge in [-0.1, -0.05) is 18.2 Å². The van der Waals surface area contributed by atoms with Crippen molar-refractivity contribution in [3.05, 3.63) is 67.3 Å². The third-order valence-corrected chi connectivity index (χ3v) is 5.93. The number of nitrogens with zero attached hydrogens (tertiary/aromatic N) is 6. The monoisotopic (exact) mass is 450 g/mol. The number of fused-ring (bicyclic) bond motifs is 1. The summed E-state index contributed by atoms with van der Waals surface area (Å²) in [7, 11) is -3.98. The fourth-order valence-corrected chi connectivity index (χ4v) is 4.01. The summed E-state index contributed by atoms with van der Waals surface area (Å²) >= 11 is 0. The molecule has 4 aromatic heterocycles. The largest absolute Gasteiger partial charge is 0.336 e. The molecule has 1 aromatic carbocycles. The van der Waals surface area contributed by atoms with E-state index in [2.05, 4.69) is 45.9 Å². The van der Waals surface area contributed by atoms with Crippen LogP contribution in [0.3, 0.4) is 0 Å². The van der Waals surface area contributed by atoms with Crippen LogP contribution >= 0.6 is 0 Å². The minimum absolute atomic E-state index is 0.143. The average Bonchev–Trinajstić information content (AvgIpc) is 3.55. The number of benzene rings is 1. The summed E-state index contributed by atoms with van der Waals surface area (Å²) in [6.07, 6.45) is 4.88. The molecule has 0 radical (unpaired) electrons. The van der Waals surface area contributed by atoms with Crippen molar-refractivity contribution in [2.45, 2.75) is 5.03 Å². The van der Waals surface area contributed by atoms with E-state index < -0.39 is 15.9 Å². The quantitative estimate of drug-likeness (QED) is 0.298. The van der Waals surface area contributed by atoms with Crippen LogP contribution < -0.4 is 10.6 Å². The molecule has 0 fully saturated rings. The highest BCUT2D eigenvalue weighted by Crippen LogP contribution is 2.27. The minimum Gasteiger partial charge on any atom is -0.336 e. The molecule has 0 aliphatic heterocycles. The van der Waals surface area contributed by atoms with E-state index in [1.807, 2.05) is 6.07 Å². The fourth-order valence-electron chi connectivity index (χ4n) is 2.97. The number of H-pyrrole nitrogens is 2. The van der Waals surface area contributed by atoms with E-state index in [1.165, 1.54) is 18.6 Å². The van der Waals surface area contributed by atoms with Crippen molar-refractivity contribution in [2.75, 3.05) is 10.6 Å². The Morgan fingerprint density at radius 3 is 2.72 bits per heavy atom. The van der Waals surface area contributed by atoms with Crippen LogP contribution in [-0.2, 0) is 10.0 Å². The summed E-state index contributed by atoms with van der Waals surface area (Å²) in [5.74, 6) is -0.133. The number of nitrogens with one attached hydrogen (secondary N) is 4. The summed E-state index contributed by atoms with van der Waals surface area (Å²) in [5, 5.41) is 16.3. The standard InChI is InChI=1S/C18H14N10O3S/c29-18(24-11-4-2-1-3-5-11)15-13(7-22-27-15)25-16-12-6-14(26-17(12)21-9-20-16)32(30,31)28-10-19-8-23-28/h1-10H,(H,22,27)(H,24,29)(H2,20,21,25,26). The van der Waals surface area contributed by atoms with Crippen molar-refractivity contribution in [3.63, 3.8) is 0 Å². The molecular weight excluding hydrogens is 436 g/mol. The van der Waals surface area contributed by atoms with Gasteiger partial charge in [-0.2, -0.15) is 13.5 Å². The zero-order chi connectivity index (χ0) is 22.1. The number of para-hydroxylation sites is 1. The number of anilines is 3. The summed E-state index contributed by atoms with van der Waals surface area (Å²) in [4.78, 5) is 27.3. The lowest BCUT2D eigenvalue weighted by molar-refractivity contribution is 0.102. The third kappa shape index (κ3) is 3.43. The fraction of sp³-hybridized carbons (Fsp3) is 0. The first-order valence-electron chi connectivity index (χ1n) is 9.13. The second-order valence-electron chi connectivity index (χ2n) is 6.50. The van der Waals surface area contributed by atoms with E-state index in [0.717, 1.165) is 16.7 Å². The Labute approximate surface area is 180 Å². The van der Waals surface area contributed by atoms with Gasteiger partial charge in [-0.05, 0) is 18.2 Å². The van der Waals surface area contributed by atoms with Crippen molar-refractivity contribution >= 4 is 44.2 Å². The zero-order valence-corrected chi connectivity index (χ0v) is 16.9. The first kappa shape index (κ1) is 19.4. The van der Waals surface area contributed by atoms with Gasteiger partial charge >= 0.3 is 0 Å². The summed E-state index contributed by atoms with van der Waals surface area (Å²) in [6.45, 7) is 0. The normalized spacial score (nSPS) is 11.5. The second-order valence-corrected chi connectivity index (χ2v) is 8.26. The molecule has 0 saturated carbocycles. The van der Waals surface area contributed by atoms with Crippen LogP contribution in [0.4, 0.5) is 17.2 Å². The highest BCUT2D eigenvalue weighted by atomic mass is 32.2. The summed E-state index contributed by atoms with van der Waals surface area (Å²) in [5.41, 5.74) is 1.42. The maximum absolute atomic E-state index is 12.7. The lowest BCUT2D eigenvalue weighted by Gasteiger charge is -2.07. The van der Waals surface area contributed by atoms with Gasteiger partial charge < -0.3 is 15.6 Å². The van der Waals surface area contributed by atoms with Crippen molar-refractivity contribution in [1.29, 1.82) is 0 Å². The van der Waals surface area contributed by atoms with E-state index in [-0.39, 0.29) is 22.2 Å². The van der Waals surface area contributed by atoms with E-state index in [0.29, 0.717) is 16.8 Å². The molecule has 0 saturated heterocycles. The Morgan fingerprint density at radius 2 is 1.94 bits per heavy atom. The number of hydrogen-bond acceptors (Lipinski definition) is 9. The number of carbonyl (C=O) groups is 1. The second kappa shape index (κ2) is 7.59. The van der Waals surface area contributed by atoms with Crippen LogP contribution in [0.1, 0.15) is 10.5 Å². The Bertz CT molecular complexity index is 1510. The number of aromatic amines is 2. The van der Waals surface area contributed by atoms with Gasteiger partial charge in [-0.3, -0.25) is 9.89 Å². The third-order valence-electron chi connectivity index (χ3n) is 4.47. The highest BCUT2D eigenvalue weighted by molar-refractivity contribution is 7.89. The molecule has 14 heteroatoms. The molecule has 4 heterocycles. The van der Waals surface area contributed by atoms with E-state index >= 15 is 0 Å². The van der Waals surface area contributed by atoms with Crippen molar-refractivity contribution in [1.82, 2.24) is 39.3 Å². The molecular formula is C18H14N10O3S. The predicted molar refractivity (Wildman–Crippen MR) is 113 cm³/mol. The van der Waals surface area contributed by atoms with Gasteiger partial charge in [-0.15, -0.1) is 9.19 Å². The molecule has 0 aliphatic carbocycles. The average molecular weight is 450 g/mol. The van der Waals surface area contributed by atoms with Crippen molar-refractivity contribution in [3.8, 4) is 0 Å². The molecule has 1 amide bonds. The predicted octanol–water partition coefficient (Wildman–Crippen LogP) is 1.51. The van der Waals surface area contributed by atoms with Gasteiger partial charge in [-0.25, -0.2) is 15.0 Å². The molecule has 0 spiro atoms. The van der Waals surface area contributed by atoms with Gasteiger partial charge in [0.25, 0.3) is 15.9 Å². The van der Waals surface area contributed by atoms with E-state index in [1.54, 1.807) is 24.3 Å². The molecule has 0 unspecified atom stereocenters. The lowest BCUT2D eigenvalue weighted by Crippen LogP contribution is -2.14. The molecule has 13 nitrogen and oxygen atoms in total. The molecule has 160 valence electrons. The zero-order valence-electron chi connectivity index (χ0n) is 16.1. The van der Waals surface area contributed by atoms with Crippen LogP contribution in [0.5, 0.6) is 0 Å². The van der Waals surface area contributed by atoms with Gasteiger partial charge in [0, 0.05) is 5.69 Å². The minimum atomic E-state index is -3.98. The summed E-state index contributed by atoms with van der Waals surface area (Å²) < 4.78 is 26.1. The Hall–Kier alpha value is -4.59. The maximum Gasteiger partial charge on any atom is 0.299 e. The molecule has 5 aromatic rings. The number of aromatic nitrogens is 8. The van der Waals surface area contributed by atoms with Gasteiger partial charge in [0.05, 0.1) is 17.3 Å². The molecule has 0 aliphatic rings. The first-order valence-corrected chi connectivity index (χ1v) is 10.6. The molecule has 0 bridgehead atoms.